The van der Waals surface area contributed by atoms with Gasteiger partial charge in [-0.15, -0.1) is 0 Å². The summed E-state index contributed by atoms with van der Waals surface area (Å²) >= 11 is 0. The first-order valence-corrected chi connectivity index (χ1v) is 13.2. The van der Waals surface area contributed by atoms with E-state index in [2.05, 4.69) is 34.5 Å². The van der Waals surface area contributed by atoms with Gasteiger partial charge in [-0.25, -0.2) is 0 Å². The standard InChI is InChI=1S/C31H35N3O4/c1-37-28-13-12-23(18-29(28)38-2)27(34-21-24-10-6-7-11-26(24)31(34)36)19-30(35)32-25-14-16-33(17-15-25)20-22-8-4-3-5-9-22/h3-13,18,25,27H,14-17,19-21H2,1-2H3,(H,32,35)/t27-/m1/s1. The van der Waals surface area contributed by atoms with Gasteiger partial charge in [0.15, 0.2) is 11.5 Å². The van der Waals surface area contributed by atoms with Crippen LogP contribution < -0.4 is 14.8 Å². The lowest BCUT2D eigenvalue weighted by molar-refractivity contribution is -0.123. The van der Waals surface area contributed by atoms with Crippen LogP contribution >= 0.6 is 0 Å². The van der Waals surface area contributed by atoms with Gasteiger partial charge >= 0.3 is 0 Å². The van der Waals surface area contributed by atoms with Gasteiger partial charge in [0.2, 0.25) is 5.91 Å². The molecular weight excluding hydrogens is 478 g/mol. The molecular formula is C31H35N3O4. The van der Waals surface area contributed by atoms with Crippen molar-refractivity contribution in [2.45, 2.75) is 44.4 Å². The monoisotopic (exact) mass is 513 g/mol. The van der Waals surface area contributed by atoms with Gasteiger partial charge in [0.1, 0.15) is 0 Å². The first-order chi connectivity index (χ1) is 18.6. The van der Waals surface area contributed by atoms with Gasteiger partial charge in [0, 0.05) is 37.8 Å². The third kappa shape index (κ3) is 5.68. The molecule has 3 aromatic rings. The van der Waals surface area contributed by atoms with E-state index in [1.54, 1.807) is 19.1 Å². The quantitative estimate of drug-likeness (QED) is 0.454. The molecule has 0 bridgehead atoms. The Morgan fingerprint density at radius 1 is 0.947 bits per heavy atom. The van der Waals surface area contributed by atoms with Crippen LogP contribution in [0.4, 0.5) is 0 Å². The van der Waals surface area contributed by atoms with Crippen LogP contribution in [0.1, 0.15) is 52.4 Å². The number of hydrogen-bond donors (Lipinski definition) is 1. The largest absolute Gasteiger partial charge is 0.493 e. The second-order valence-corrected chi connectivity index (χ2v) is 10.0. The van der Waals surface area contributed by atoms with Crippen LogP contribution in [-0.4, -0.2) is 55.0 Å². The lowest BCUT2D eigenvalue weighted by atomic mass is 9.99. The van der Waals surface area contributed by atoms with E-state index in [0.717, 1.165) is 43.6 Å². The highest BCUT2D eigenvalue weighted by atomic mass is 16.5. The van der Waals surface area contributed by atoms with Gasteiger partial charge < -0.3 is 19.7 Å². The third-order valence-electron chi connectivity index (χ3n) is 7.60. The minimum Gasteiger partial charge on any atom is -0.493 e. The molecule has 0 aromatic heterocycles. The number of ether oxygens (including phenoxy) is 2. The van der Waals surface area contributed by atoms with E-state index >= 15 is 0 Å². The van der Waals surface area contributed by atoms with Crippen molar-refractivity contribution < 1.29 is 19.1 Å². The molecule has 1 atom stereocenters. The summed E-state index contributed by atoms with van der Waals surface area (Å²) in [7, 11) is 3.18. The maximum atomic E-state index is 13.4. The zero-order valence-electron chi connectivity index (χ0n) is 22.1. The number of hydrogen-bond acceptors (Lipinski definition) is 5. The normalized spacial score (nSPS) is 16.7. The summed E-state index contributed by atoms with van der Waals surface area (Å²) in [5, 5.41) is 3.25. The molecule has 0 radical (unpaired) electrons. The van der Waals surface area contributed by atoms with Crippen molar-refractivity contribution in [3.63, 3.8) is 0 Å². The van der Waals surface area contributed by atoms with E-state index in [4.69, 9.17) is 9.47 Å². The highest BCUT2D eigenvalue weighted by molar-refractivity contribution is 5.98. The molecule has 1 fully saturated rings. The molecule has 2 amide bonds. The van der Waals surface area contributed by atoms with Gasteiger partial charge in [-0.2, -0.15) is 0 Å². The number of carbonyl (C=O) groups is 2. The Morgan fingerprint density at radius 2 is 1.66 bits per heavy atom. The van der Waals surface area contributed by atoms with Crippen LogP contribution in [0.15, 0.2) is 72.8 Å². The molecule has 5 rings (SSSR count). The number of likely N-dealkylation sites (tertiary alicyclic amines) is 1. The Morgan fingerprint density at radius 3 is 2.37 bits per heavy atom. The molecule has 0 saturated carbocycles. The van der Waals surface area contributed by atoms with E-state index in [9.17, 15) is 9.59 Å². The fourth-order valence-electron chi connectivity index (χ4n) is 5.54. The smallest absolute Gasteiger partial charge is 0.255 e. The topological polar surface area (TPSA) is 71.1 Å². The van der Waals surface area contributed by atoms with E-state index in [1.807, 2.05) is 48.5 Å². The fraction of sp³-hybridized carbons (Fsp3) is 0.355. The van der Waals surface area contributed by atoms with E-state index in [-0.39, 0.29) is 24.3 Å². The molecule has 0 spiro atoms. The molecule has 3 aromatic carbocycles. The Labute approximate surface area is 224 Å². The van der Waals surface area contributed by atoms with Crippen LogP contribution in [0.5, 0.6) is 11.5 Å². The van der Waals surface area contributed by atoms with Crippen molar-refractivity contribution in [1.82, 2.24) is 15.1 Å². The summed E-state index contributed by atoms with van der Waals surface area (Å²) in [5.74, 6) is 1.08. The summed E-state index contributed by atoms with van der Waals surface area (Å²) in [4.78, 5) is 31.0. The SMILES string of the molecule is COc1ccc([C@@H](CC(=O)NC2CCN(Cc3ccccc3)CC2)N2Cc3ccccc3C2=O)cc1OC. The molecule has 198 valence electrons. The molecule has 1 N–H and O–H groups in total. The van der Waals surface area contributed by atoms with E-state index in [1.165, 1.54) is 5.56 Å². The molecule has 0 unspecified atom stereocenters. The average Bonchev–Trinajstić information content (AvgIpc) is 3.29. The number of nitrogens with zero attached hydrogens (tertiary/aromatic N) is 2. The molecule has 1 saturated heterocycles. The average molecular weight is 514 g/mol. The van der Waals surface area contributed by atoms with Crippen molar-refractivity contribution in [3.05, 3.63) is 95.1 Å². The number of piperidine rings is 1. The molecule has 0 aliphatic carbocycles. The van der Waals surface area contributed by atoms with Crippen molar-refractivity contribution >= 4 is 11.8 Å². The zero-order chi connectivity index (χ0) is 26.5. The number of benzene rings is 3. The summed E-state index contributed by atoms with van der Waals surface area (Å²) in [6.45, 7) is 3.29. The molecule has 7 heteroatoms. The van der Waals surface area contributed by atoms with Gasteiger partial charge in [0.05, 0.1) is 26.7 Å². The number of methoxy groups -OCH3 is 2. The molecule has 2 aliphatic rings. The van der Waals surface area contributed by atoms with Crippen molar-refractivity contribution in [3.8, 4) is 11.5 Å². The zero-order valence-corrected chi connectivity index (χ0v) is 22.1. The minimum atomic E-state index is -0.423. The molecule has 7 nitrogen and oxygen atoms in total. The number of nitrogens with one attached hydrogen (secondary N) is 1. The predicted molar refractivity (Wildman–Crippen MR) is 146 cm³/mol. The second kappa shape index (κ2) is 11.7. The second-order valence-electron chi connectivity index (χ2n) is 10.0. The fourth-order valence-corrected chi connectivity index (χ4v) is 5.54. The van der Waals surface area contributed by atoms with Gasteiger partial charge in [0.25, 0.3) is 5.91 Å². The number of amides is 2. The Hall–Kier alpha value is -3.84. The third-order valence-corrected chi connectivity index (χ3v) is 7.60. The van der Waals surface area contributed by atoms with E-state index in [0.29, 0.717) is 23.6 Å². The first-order valence-electron chi connectivity index (χ1n) is 13.2. The number of fused-ring (bicyclic) bond motifs is 1. The predicted octanol–water partition coefficient (Wildman–Crippen LogP) is 4.57. The Balaban J connectivity index is 1.27. The Bertz CT molecular complexity index is 1270. The number of carbonyl (C=O) groups excluding carboxylic acids is 2. The van der Waals surface area contributed by atoms with Gasteiger partial charge in [-0.1, -0.05) is 54.6 Å². The molecule has 2 heterocycles. The van der Waals surface area contributed by atoms with Gasteiger partial charge in [-0.05, 0) is 47.7 Å². The maximum absolute atomic E-state index is 13.4. The highest BCUT2D eigenvalue weighted by Crippen LogP contribution is 2.37. The summed E-state index contributed by atoms with van der Waals surface area (Å²) < 4.78 is 10.9. The highest BCUT2D eigenvalue weighted by Gasteiger charge is 2.35. The van der Waals surface area contributed by atoms with Crippen molar-refractivity contribution in [2.24, 2.45) is 0 Å². The maximum Gasteiger partial charge on any atom is 0.255 e. The number of rotatable bonds is 9. The lowest BCUT2D eigenvalue weighted by Crippen LogP contribution is -2.45. The van der Waals surface area contributed by atoms with Crippen molar-refractivity contribution in [1.29, 1.82) is 0 Å². The lowest BCUT2D eigenvalue weighted by Gasteiger charge is -2.33. The van der Waals surface area contributed by atoms with Crippen LogP contribution in [0.3, 0.4) is 0 Å². The molecule has 38 heavy (non-hydrogen) atoms. The minimum absolute atomic E-state index is 0.0462. The van der Waals surface area contributed by atoms with Crippen LogP contribution in [0.25, 0.3) is 0 Å². The first kappa shape index (κ1) is 25.8. The molecule has 2 aliphatic heterocycles. The van der Waals surface area contributed by atoms with E-state index < -0.39 is 6.04 Å². The van der Waals surface area contributed by atoms with Crippen LogP contribution in [-0.2, 0) is 17.9 Å². The van der Waals surface area contributed by atoms with Crippen molar-refractivity contribution in [2.75, 3.05) is 27.3 Å². The Kier molecular flexibility index (Phi) is 7.94. The summed E-state index contributed by atoms with van der Waals surface area (Å²) in [6, 6.07) is 23.5. The van der Waals surface area contributed by atoms with Crippen LogP contribution in [0.2, 0.25) is 0 Å². The van der Waals surface area contributed by atoms with Crippen LogP contribution in [0, 0.1) is 0 Å². The summed E-state index contributed by atoms with van der Waals surface area (Å²) in [6.07, 6.45) is 2.00. The summed E-state index contributed by atoms with van der Waals surface area (Å²) in [5.41, 5.74) is 3.83. The van der Waals surface area contributed by atoms with Gasteiger partial charge in [-0.3, -0.25) is 14.5 Å².